The van der Waals surface area contributed by atoms with Gasteiger partial charge in [0.15, 0.2) is 11.5 Å². The summed E-state index contributed by atoms with van der Waals surface area (Å²) in [6, 6.07) is 10.6. The summed E-state index contributed by atoms with van der Waals surface area (Å²) >= 11 is 0. The Morgan fingerprint density at radius 3 is 2.64 bits per heavy atom. The summed E-state index contributed by atoms with van der Waals surface area (Å²) in [7, 11) is 1.51. The van der Waals surface area contributed by atoms with Crippen LogP contribution in [0.25, 0.3) is 0 Å². The summed E-state index contributed by atoms with van der Waals surface area (Å²) in [6.07, 6.45) is -3.67. The molecule has 0 aromatic heterocycles. The van der Waals surface area contributed by atoms with Crippen LogP contribution in [-0.4, -0.2) is 25.4 Å². The molecule has 0 saturated heterocycles. The molecule has 2 aromatic rings. The number of methoxy groups -OCH3 is 1. The first kappa shape index (κ1) is 16.8. The molecule has 8 heteroatoms. The average molecular weight is 350 g/mol. The predicted octanol–water partition coefficient (Wildman–Crippen LogP) is 3.46. The van der Waals surface area contributed by atoms with Crippen molar-refractivity contribution in [2.45, 2.75) is 19.3 Å². The second kappa shape index (κ2) is 6.46. The molecule has 0 radical (unpaired) electrons. The van der Waals surface area contributed by atoms with Crippen molar-refractivity contribution in [1.29, 1.82) is 0 Å². The minimum atomic E-state index is -3.67. The molecule has 0 bridgehead atoms. The average Bonchev–Trinajstić information content (AvgIpc) is 2.88. The van der Waals surface area contributed by atoms with Crippen molar-refractivity contribution in [3.63, 3.8) is 0 Å². The minimum Gasteiger partial charge on any atom is -0.495 e. The van der Waals surface area contributed by atoms with Crippen LogP contribution < -0.4 is 24.8 Å². The topological polar surface area (TPSA) is 68.8 Å². The SMILES string of the molecule is COc1ccccc1NC(=O)C(C)Nc1ccc2c(c1)OC(F)(F)O2. The highest BCUT2D eigenvalue weighted by atomic mass is 19.3. The quantitative estimate of drug-likeness (QED) is 0.864. The first-order valence-electron chi connectivity index (χ1n) is 7.48. The van der Waals surface area contributed by atoms with Crippen LogP contribution in [-0.2, 0) is 4.79 Å². The molecule has 132 valence electrons. The molecule has 0 fully saturated rings. The van der Waals surface area contributed by atoms with Crippen molar-refractivity contribution in [2.24, 2.45) is 0 Å². The van der Waals surface area contributed by atoms with Crippen LogP contribution in [0.3, 0.4) is 0 Å². The third kappa shape index (κ3) is 3.73. The van der Waals surface area contributed by atoms with Crippen LogP contribution in [0.4, 0.5) is 20.2 Å². The zero-order valence-corrected chi connectivity index (χ0v) is 13.5. The number of hydrogen-bond acceptors (Lipinski definition) is 5. The number of carbonyl (C=O) groups is 1. The molecule has 1 unspecified atom stereocenters. The zero-order valence-electron chi connectivity index (χ0n) is 13.5. The fourth-order valence-electron chi connectivity index (χ4n) is 2.34. The zero-order chi connectivity index (χ0) is 18.0. The Labute approximate surface area is 142 Å². The second-order valence-electron chi connectivity index (χ2n) is 5.38. The summed E-state index contributed by atoms with van der Waals surface area (Å²) < 4.78 is 40.0. The van der Waals surface area contributed by atoms with Gasteiger partial charge in [0, 0.05) is 11.8 Å². The summed E-state index contributed by atoms with van der Waals surface area (Å²) in [5.74, 6) is 0.0786. The summed E-state index contributed by atoms with van der Waals surface area (Å²) in [4.78, 5) is 12.3. The van der Waals surface area contributed by atoms with Gasteiger partial charge in [0.05, 0.1) is 12.8 Å². The van der Waals surface area contributed by atoms with Gasteiger partial charge in [-0.3, -0.25) is 4.79 Å². The number of fused-ring (bicyclic) bond motifs is 1. The lowest BCUT2D eigenvalue weighted by Crippen LogP contribution is -2.32. The molecule has 6 nitrogen and oxygen atoms in total. The van der Waals surface area contributed by atoms with E-state index >= 15 is 0 Å². The van der Waals surface area contributed by atoms with Crippen molar-refractivity contribution in [1.82, 2.24) is 0 Å². The van der Waals surface area contributed by atoms with E-state index in [1.807, 2.05) is 0 Å². The third-order valence-electron chi connectivity index (χ3n) is 3.54. The van der Waals surface area contributed by atoms with Crippen LogP contribution in [0.2, 0.25) is 0 Å². The number of benzene rings is 2. The summed E-state index contributed by atoms with van der Waals surface area (Å²) in [6.45, 7) is 1.64. The van der Waals surface area contributed by atoms with Crippen molar-refractivity contribution < 1.29 is 27.8 Å². The fourth-order valence-corrected chi connectivity index (χ4v) is 2.34. The van der Waals surface area contributed by atoms with Gasteiger partial charge in [0.1, 0.15) is 11.8 Å². The molecule has 0 saturated carbocycles. The predicted molar refractivity (Wildman–Crippen MR) is 87.4 cm³/mol. The highest BCUT2D eigenvalue weighted by Gasteiger charge is 2.43. The number of amides is 1. The number of nitrogens with one attached hydrogen (secondary N) is 2. The Hall–Kier alpha value is -3.03. The van der Waals surface area contributed by atoms with Gasteiger partial charge in [-0.05, 0) is 31.2 Å². The Bertz CT molecular complexity index is 798. The number of ether oxygens (including phenoxy) is 3. The number of halogens is 2. The molecule has 3 rings (SSSR count). The van der Waals surface area contributed by atoms with Crippen LogP contribution in [0.15, 0.2) is 42.5 Å². The van der Waals surface area contributed by atoms with E-state index in [9.17, 15) is 13.6 Å². The Morgan fingerprint density at radius 2 is 1.88 bits per heavy atom. The standard InChI is InChI=1S/C17H16F2N2O4/c1-10(16(22)21-12-5-3-4-6-13(12)23-2)20-11-7-8-14-15(9-11)25-17(18,19)24-14/h3-10,20H,1-2H3,(H,21,22). The molecule has 1 aliphatic heterocycles. The molecule has 25 heavy (non-hydrogen) atoms. The lowest BCUT2D eigenvalue weighted by Gasteiger charge is -2.16. The number of para-hydroxylation sites is 2. The van der Waals surface area contributed by atoms with E-state index in [1.54, 1.807) is 31.2 Å². The van der Waals surface area contributed by atoms with Gasteiger partial charge < -0.3 is 24.8 Å². The van der Waals surface area contributed by atoms with Gasteiger partial charge in [-0.25, -0.2) is 0 Å². The van der Waals surface area contributed by atoms with Crippen molar-refractivity contribution in [3.05, 3.63) is 42.5 Å². The molecule has 1 amide bonds. The Kier molecular flexibility index (Phi) is 4.35. The molecular weight excluding hydrogens is 334 g/mol. The first-order valence-corrected chi connectivity index (χ1v) is 7.48. The van der Waals surface area contributed by atoms with Gasteiger partial charge in [0.25, 0.3) is 0 Å². The highest BCUT2D eigenvalue weighted by molar-refractivity contribution is 5.97. The van der Waals surface area contributed by atoms with Gasteiger partial charge in [0.2, 0.25) is 5.91 Å². The maximum Gasteiger partial charge on any atom is 0.586 e. The van der Waals surface area contributed by atoms with Gasteiger partial charge in [-0.1, -0.05) is 12.1 Å². The monoisotopic (exact) mass is 350 g/mol. The van der Waals surface area contributed by atoms with E-state index in [-0.39, 0.29) is 17.4 Å². The third-order valence-corrected chi connectivity index (χ3v) is 3.54. The first-order chi connectivity index (χ1) is 11.9. The minimum absolute atomic E-state index is 0.0540. The summed E-state index contributed by atoms with van der Waals surface area (Å²) in [5, 5.41) is 5.67. The van der Waals surface area contributed by atoms with Crippen LogP contribution >= 0.6 is 0 Å². The molecule has 2 N–H and O–H groups in total. The highest BCUT2D eigenvalue weighted by Crippen LogP contribution is 2.42. The molecule has 1 heterocycles. The van der Waals surface area contributed by atoms with Gasteiger partial charge in [-0.2, -0.15) is 0 Å². The molecule has 0 aliphatic carbocycles. The maximum absolute atomic E-state index is 13.0. The van der Waals surface area contributed by atoms with E-state index in [0.29, 0.717) is 17.1 Å². The number of anilines is 2. The number of hydrogen-bond donors (Lipinski definition) is 2. The smallest absolute Gasteiger partial charge is 0.495 e. The summed E-state index contributed by atoms with van der Waals surface area (Å²) in [5.41, 5.74) is 0.983. The normalized spacial score (nSPS) is 15.4. The van der Waals surface area contributed by atoms with Gasteiger partial charge >= 0.3 is 6.29 Å². The second-order valence-corrected chi connectivity index (χ2v) is 5.38. The van der Waals surface area contributed by atoms with E-state index < -0.39 is 12.3 Å². The van der Waals surface area contributed by atoms with Gasteiger partial charge in [-0.15, -0.1) is 8.78 Å². The van der Waals surface area contributed by atoms with Crippen LogP contribution in [0.1, 0.15) is 6.92 Å². The van der Waals surface area contributed by atoms with E-state index in [1.165, 1.54) is 25.3 Å². The van der Waals surface area contributed by atoms with Crippen molar-refractivity contribution in [3.8, 4) is 17.2 Å². The number of rotatable bonds is 5. The Morgan fingerprint density at radius 1 is 1.16 bits per heavy atom. The molecule has 0 spiro atoms. The Balaban J connectivity index is 1.66. The van der Waals surface area contributed by atoms with Crippen LogP contribution in [0.5, 0.6) is 17.2 Å². The fraction of sp³-hybridized carbons (Fsp3) is 0.235. The molecular formula is C17H16F2N2O4. The van der Waals surface area contributed by atoms with Crippen LogP contribution in [0, 0.1) is 0 Å². The molecule has 2 aromatic carbocycles. The van der Waals surface area contributed by atoms with E-state index in [0.717, 1.165) is 0 Å². The largest absolute Gasteiger partial charge is 0.586 e. The number of alkyl halides is 2. The van der Waals surface area contributed by atoms with E-state index in [2.05, 4.69) is 20.1 Å². The van der Waals surface area contributed by atoms with Crippen molar-refractivity contribution in [2.75, 3.05) is 17.7 Å². The van der Waals surface area contributed by atoms with Crippen molar-refractivity contribution >= 4 is 17.3 Å². The lowest BCUT2D eigenvalue weighted by atomic mass is 10.2. The molecule has 1 atom stereocenters. The molecule has 1 aliphatic rings. The number of carbonyl (C=O) groups excluding carboxylic acids is 1. The lowest BCUT2D eigenvalue weighted by molar-refractivity contribution is -0.286. The maximum atomic E-state index is 13.0. The van der Waals surface area contributed by atoms with E-state index in [4.69, 9.17) is 4.74 Å².